The van der Waals surface area contributed by atoms with Gasteiger partial charge in [0.25, 0.3) is 0 Å². The molecule has 0 spiro atoms. The van der Waals surface area contributed by atoms with E-state index in [1.807, 2.05) is 7.05 Å². The van der Waals surface area contributed by atoms with Gasteiger partial charge in [0.15, 0.2) is 5.65 Å². The average Bonchev–Trinajstić information content (AvgIpc) is 3.34. The highest BCUT2D eigenvalue weighted by atomic mass is 32.2. The molecule has 136 valence electrons. The van der Waals surface area contributed by atoms with Gasteiger partial charge in [-0.1, -0.05) is 12.1 Å². The number of sulfonamides is 1. The summed E-state index contributed by atoms with van der Waals surface area (Å²) in [6.07, 6.45) is 3.99. The summed E-state index contributed by atoms with van der Waals surface area (Å²) in [6, 6.07) is 6.87. The van der Waals surface area contributed by atoms with Crippen LogP contribution in [-0.2, 0) is 23.6 Å². The average molecular weight is 373 g/mol. The Bertz CT molecular complexity index is 1060. The van der Waals surface area contributed by atoms with Gasteiger partial charge in [0.1, 0.15) is 5.82 Å². The molecule has 1 saturated carbocycles. The standard InChI is InChI=1S/C16H19N7O2S/c1-23-15-13(9-19-23)14(21-16(22-15)20-11-4-5-11)18-8-10-2-6-12(7-3-10)26(17,24)25/h2-3,6-7,9,11H,4-5,8H2,1H3,(H2,17,24,25)(H2,18,20,21,22). The number of anilines is 2. The van der Waals surface area contributed by atoms with Gasteiger partial charge in [0.2, 0.25) is 16.0 Å². The topological polar surface area (TPSA) is 128 Å². The Morgan fingerprint density at radius 2 is 1.96 bits per heavy atom. The van der Waals surface area contributed by atoms with Crippen LogP contribution < -0.4 is 15.8 Å². The fourth-order valence-electron chi connectivity index (χ4n) is 2.61. The zero-order valence-corrected chi connectivity index (χ0v) is 15.0. The molecule has 0 amide bonds. The Hall–Kier alpha value is -2.72. The first-order valence-electron chi connectivity index (χ1n) is 8.22. The Balaban J connectivity index is 1.58. The Kier molecular flexibility index (Phi) is 4.00. The summed E-state index contributed by atoms with van der Waals surface area (Å²) >= 11 is 0. The van der Waals surface area contributed by atoms with Crippen molar-refractivity contribution in [2.75, 3.05) is 10.6 Å². The van der Waals surface area contributed by atoms with Gasteiger partial charge in [-0.3, -0.25) is 4.68 Å². The van der Waals surface area contributed by atoms with Crippen molar-refractivity contribution in [2.45, 2.75) is 30.3 Å². The number of nitrogens with two attached hydrogens (primary N) is 1. The molecular formula is C16H19N7O2S. The first-order chi connectivity index (χ1) is 12.4. The number of hydrogen-bond donors (Lipinski definition) is 3. The van der Waals surface area contributed by atoms with Gasteiger partial charge in [-0.05, 0) is 30.5 Å². The Labute approximate surface area is 150 Å². The fraction of sp³-hybridized carbons (Fsp3) is 0.312. The highest BCUT2D eigenvalue weighted by molar-refractivity contribution is 7.89. The molecule has 1 fully saturated rings. The van der Waals surface area contributed by atoms with Gasteiger partial charge in [0, 0.05) is 19.6 Å². The minimum absolute atomic E-state index is 0.0915. The summed E-state index contributed by atoms with van der Waals surface area (Å²) in [5.41, 5.74) is 1.65. The van der Waals surface area contributed by atoms with Gasteiger partial charge in [0.05, 0.1) is 16.5 Å². The summed E-state index contributed by atoms with van der Waals surface area (Å²) in [5, 5.41) is 16.8. The van der Waals surface area contributed by atoms with Gasteiger partial charge >= 0.3 is 0 Å². The van der Waals surface area contributed by atoms with E-state index in [1.54, 1.807) is 23.0 Å². The van der Waals surface area contributed by atoms with Crippen molar-refractivity contribution in [3.63, 3.8) is 0 Å². The fourth-order valence-corrected chi connectivity index (χ4v) is 3.13. The summed E-state index contributed by atoms with van der Waals surface area (Å²) in [5.74, 6) is 1.26. The third kappa shape index (κ3) is 3.46. The molecule has 4 rings (SSSR count). The van der Waals surface area contributed by atoms with E-state index in [-0.39, 0.29) is 4.90 Å². The van der Waals surface area contributed by atoms with Gasteiger partial charge in [-0.25, -0.2) is 13.6 Å². The molecule has 26 heavy (non-hydrogen) atoms. The highest BCUT2D eigenvalue weighted by Crippen LogP contribution is 2.26. The molecule has 1 aromatic carbocycles. The van der Waals surface area contributed by atoms with Crippen molar-refractivity contribution in [3.8, 4) is 0 Å². The van der Waals surface area contributed by atoms with Crippen LogP contribution in [0.2, 0.25) is 0 Å². The van der Waals surface area contributed by atoms with Gasteiger partial charge < -0.3 is 10.6 Å². The van der Waals surface area contributed by atoms with Crippen LogP contribution in [0.3, 0.4) is 0 Å². The second kappa shape index (κ2) is 6.22. The van der Waals surface area contributed by atoms with E-state index < -0.39 is 10.0 Å². The lowest BCUT2D eigenvalue weighted by Gasteiger charge is -2.10. The third-order valence-electron chi connectivity index (χ3n) is 4.21. The lowest BCUT2D eigenvalue weighted by Crippen LogP contribution is -2.12. The number of nitrogens with one attached hydrogen (secondary N) is 2. The van der Waals surface area contributed by atoms with Crippen LogP contribution in [0.4, 0.5) is 11.8 Å². The minimum atomic E-state index is -3.68. The highest BCUT2D eigenvalue weighted by Gasteiger charge is 2.23. The van der Waals surface area contributed by atoms with Gasteiger partial charge in [-0.15, -0.1) is 0 Å². The molecule has 10 heteroatoms. The number of primary sulfonamides is 1. The van der Waals surface area contributed by atoms with E-state index in [2.05, 4.69) is 25.7 Å². The molecule has 1 aliphatic carbocycles. The molecule has 0 atom stereocenters. The molecule has 0 unspecified atom stereocenters. The van der Waals surface area contributed by atoms with Gasteiger partial charge in [-0.2, -0.15) is 15.1 Å². The summed E-state index contributed by atoms with van der Waals surface area (Å²) in [7, 11) is -1.85. The monoisotopic (exact) mass is 373 g/mol. The second-order valence-electron chi connectivity index (χ2n) is 6.36. The predicted octanol–water partition coefficient (Wildman–Crippen LogP) is 1.20. The lowest BCUT2D eigenvalue weighted by molar-refractivity contribution is 0.598. The van der Waals surface area contributed by atoms with Crippen molar-refractivity contribution in [2.24, 2.45) is 12.2 Å². The first kappa shape index (κ1) is 16.7. The first-order valence-corrected chi connectivity index (χ1v) is 9.77. The molecule has 2 aromatic heterocycles. The zero-order chi connectivity index (χ0) is 18.3. The smallest absolute Gasteiger partial charge is 0.238 e. The number of hydrogen-bond acceptors (Lipinski definition) is 7. The van der Waals surface area contributed by atoms with Crippen LogP contribution in [0, 0.1) is 0 Å². The van der Waals surface area contributed by atoms with E-state index in [1.165, 1.54) is 12.1 Å². The van der Waals surface area contributed by atoms with E-state index in [9.17, 15) is 8.42 Å². The van der Waals surface area contributed by atoms with E-state index >= 15 is 0 Å². The zero-order valence-electron chi connectivity index (χ0n) is 14.2. The molecule has 1 aliphatic rings. The minimum Gasteiger partial charge on any atom is -0.365 e. The van der Waals surface area contributed by atoms with Crippen molar-refractivity contribution in [3.05, 3.63) is 36.0 Å². The van der Waals surface area contributed by atoms with Crippen LogP contribution in [0.1, 0.15) is 18.4 Å². The maximum absolute atomic E-state index is 11.3. The molecule has 0 bridgehead atoms. The SMILES string of the molecule is Cn1ncc2c(NCc3ccc(S(N)(=O)=O)cc3)nc(NC3CC3)nc21. The largest absolute Gasteiger partial charge is 0.365 e. The van der Waals surface area contributed by atoms with Crippen LogP contribution in [-0.4, -0.2) is 34.2 Å². The molecular weight excluding hydrogens is 354 g/mol. The van der Waals surface area contributed by atoms with Crippen LogP contribution >= 0.6 is 0 Å². The number of benzene rings is 1. The third-order valence-corrected chi connectivity index (χ3v) is 5.14. The van der Waals surface area contributed by atoms with Crippen molar-refractivity contribution in [1.82, 2.24) is 19.7 Å². The molecule has 2 heterocycles. The van der Waals surface area contributed by atoms with E-state index in [4.69, 9.17) is 5.14 Å². The predicted molar refractivity (Wildman–Crippen MR) is 98.1 cm³/mol. The summed E-state index contributed by atoms with van der Waals surface area (Å²) < 4.78 is 24.4. The maximum atomic E-state index is 11.3. The van der Waals surface area contributed by atoms with Crippen molar-refractivity contribution < 1.29 is 8.42 Å². The quantitative estimate of drug-likeness (QED) is 0.592. The van der Waals surface area contributed by atoms with E-state index in [0.717, 1.165) is 29.4 Å². The van der Waals surface area contributed by atoms with Crippen molar-refractivity contribution in [1.29, 1.82) is 0 Å². The Morgan fingerprint density at radius 1 is 1.23 bits per heavy atom. The molecule has 0 radical (unpaired) electrons. The number of fused-ring (bicyclic) bond motifs is 1. The van der Waals surface area contributed by atoms with Crippen molar-refractivity contribution >= 4 is 32.8 Å². The van der Waals surface area contributed by atoms with Crippen LogP contribution in [0.25, 0.3) is 11.0 Å². The molecule has 0 saturated heterocycles. The number of aryl methyl sites for hydroxylation is 1. The number of aromatic nitrogens is 4. The summed E-state index contributed by atoms with van der Waals surface area (Å²) in [6.45, 7) is 0.481. The van der Waals surface area contributed by atoms with Crippen LogP contribution in [0.15, 0.2) is 35.4 Å². The molecule has 0 aliphatic heterocycles. The normalized spacial score (nSPS) is 14.5. The maximum Gasteiger partial charge on any atom is 0.238 e. The second-order valence-corrected chi connectivity index (χ2v) is 7.92. The lowest BCUT2D eigenvalue weighted by atomic mass is 10.2. The van der Waals surface area contributed by atoms with E-state index in [0.29, 0.717) is 24.4 Å². The number of rotatable bonds is 6. The number of nitrogens with zero attached hydrogens (tertiary/aromatic N) is 4. The molecule has 3 aromatic rings. The van der Waals surface area contributed by atoms with Crippen LogP contribution in [0.5, 0.6) is 0 Å². The summed E-state index contributed by atoms with van der Waals surface area (Å²) in [4.78, 5) is 9.18. The molecule has 4 N–H and O–H groups in total. The molecule has 9 nitrogen and oxygen atoms in total. The Morgan fingerprint density at radius 3 is 2.62 bits per heavy atom.